The van der Waals surface area contributed by atoms with Gasteiger partial charge in [0.05, 0.1) is 4.92 Å². The topological polar surface area (TPSA) is 83.7 Å². The number of aliphatic carboxylic acids is 1. The Labute approximate surface area is 131 Å². The van der Waals surface area contributed by atoms with Gasteiger partial charge in [0.15, 0.2) is 0 Å². The number of benzene rings is 1. The Morgan fingerprint density at radius 2 is 2.24 bits per heavy atom. The van der Waals surface area contributed by atoms with Crippen molar-refractivity contribution in [3.8, 4) is 0 Å². The molecule has 1 N–H and O–H groups in total. The van der Waals surface area contributed by atoms with E-state index in [1.165, 1.54) is 12.1 Å². The number of likely N-dealkylation sites (tertiary alicyclic amines) is 1. The summed E-state index contributed by atoms with van der Waals surface area (Å²) in [6.07, 6.45) is 2.49. The van der Waals surface area contributed by atoms with Crippen LogP contribution in [-0.4, -0.2) is 33.0 Å². The summed E-state index contributed by atoms with van der Waals surface area (Å²) in [5.74, 6) is -0.819. The number of piperidine rings is 1. The molecule has 0 saturated carbocycles. The van der Waals surface area contributed by atoms with E-state index in [4.69, 9.17) is 0 Å². The first-order chi connectivity index (χ1) is 9.84. The van der Waals surface area contributed by atoms with Gasteiger partial charge in [-0.2, -0.15) is 0 Å². The highest BCUT2D eigenvalue weighted by Crippen LogP contribution is 2.32. The molecular formula is C14H17BrN2O4. The van der Waals surface area contributed by atoms with Crippen molar-refractivity contribution in [1.29, 1.82) is 0 Å². The molecule has 0 amide bonds. The van der Waals surface area contributed by atoms with E-state index in [0.717, 1.165) is 18.4 Å². The van der Waals surface area contributed by atoms with E-state index in [0.29, 0.717) is 24.0 Å². The highest BCUT2D eigenvalue weighted by atomic mass is 79.9. The van der Waals surface area contributed by atoms with E-state index in [1.807, 2.05) is 4.90 Å². The number of non-ortho nitro benzene ring substituents is 1. The summed E-state index contributed by atoms with van der Waals surface area (Å²) in [5, 5.41) is 20.2. The second kappa shape index (κ2) is 6.11. The maximum absolute atomic E-state index is 11.6. The maximum Gasteiger partial charge on any atom is 0.323 e. The summed E-state index contributed by atoms with van der Waals surface area (Å²) in [7, 11) is 0. The number of rotatable bonds is 4. The van der Waals surface area contributed by atoms with Crippen LogP contribution in [0.5, 0.6) is 0 Å². The Hall–Kier alpha value is -1.47. The molecule has 6 nitrogen and oxygen atoms in total. The number of carboxylic acid groups (broad SMARTS) is 1. The Kier molecular flexibility index (Phi) is 4.63. The van der Waals surface area contributed by atoms with Crippen LogP contribution in [0.4, 0.5) is 5.69 Å². The summed E-state index contributed by atoms with van der Waals surface area (Å²) in [6.45, 7) is 2.92. The zero-order chi connectivity index (χ0) is 15.6. The SMILES string of the molecule is CC1(C(=O)O)CCCCN1Cc1ccc([N+](=O)[O-])cc1Br. The molecule has 1 atom stereocenters. The van der Waals surface area contributed by atoms with Crippen LogP contribution < -0.4 is 0 Å². The molecule has 0 bridgehead atoms. The van der Waals surface area contributed by atoms with Crippen molar-refractivity contribution in [2.75, 3.05) is 6.54 Å². The molecule has 0 radical (unpaired) electrons. The van der Waals surface area contributed by atoms with Gasteiger partial charge in [-0.3, -0.25) is 19.8 Å². The minimum absolute atomic E-state index is 0.0188. The average Bonchev–Trinajstić information content (AvgIpc) is 2.43. The molecule has 1 aromatic carbocycles. The van der Waals surface area contributed by atoms with E-state index in [1.54, 1.807) is 13.0 Å². The predicted octanol–water partition coefficient (Wildman–Crippen LogP) is 3.19. The Morgan fingerprint density at radius 3 is 2.81 bits per heavy atom. The van der Waals surface area contributed by atoms with E-state index < -0.39 is 16.4 Å². The third kappa shape index (κ3) is 3.24. The van der Waals surface area contributed by atoms with Crippen LogP contribution >= 0.6 is 15.9 Å². The predicted molar refractivity (Wildman–Crippen MR) is 81.1 cm³/mol. The maximum atomic E-state index is 11.6. The van der Waals surface area contributed by atoms with Crippen LogP contribution in [0.1, 0.15) is 31.7 Å². The minimum Gasteiger partial charge on any atom is -0.480 e. The number of carboxylic acids is 1. The molecule has 1 aliphatic rings. The quantitative estimate of drug-likeness (QED) is 0.661. The second-order valence-corrected chi connectivity index (χ2v) is 6.34. The Morgan fingerprint density at radius 1 is 1.52 bits per heavy atom. The minimum atomic E-state index is -0.876. The molecule has 0 aliphatic carbocycles. The number of carbonyl (C=O) groups is 1. The van der Waals surface area contributed by atoms with Crippen LogP contribution in [0.25, 0.3) is 0 Å². The normalized spacial score (nSPS) is 23.0. The lowest BCUT2D eigenvalue weighted by Gasteiger charge is -2.41. The third-order valence-electron chi connectivity index (χ3n) is 4.11. The Bertz CT molecular complexity index is 578. The zero-order valence-corrected chi connectivity index (χ0v) is 13.3. The van der Waals surface area contributed by atoms with E-state index in [2.05, 4.69) is 15.9 Å². The number of nitro benzene ring substituents is 1. The molecule has 2 rings (SSSR count). The first-order valence-electron chi connectivity index (χ1n) is 6.76. The first-order valence-corrected chi connectivity index (χ1v) is 7.55. The molecular weight excluding hydrogens is 340 g/mol. The highest BCUT2D eigenvalue weighted by molar-refractivity contribution is 9.10. The van der Waals surface area contributed by atoms with Gasteiger partial charge in [-0.05, 0) is 44.4 Å². The molecule has 1 heterocycles. The van der Waals surface area contributed by atoms with Crippen molar-refractivity contribution in [3.05, 3.63) is 38.3 Å². The molecule has 114 valence electrons. The largest absolute Gasteiger partial charge is 0.480 e. The van der Waals surface area contributed by atoms with Crippen LogP contribution in [0.3, 0.4) is 0 Å². The van der Waals surface area contributed by atoms with Crippen molar-refractivity contribution >= 4 is 27.6 Å². The average molecular weight is 357 g/mol. The number of nitro groups is 1. The van der Waals surface area contributed by atoms with Crippen molar-refractivity contribution in [3.63, 3.8) is 0 Å². The molecule has 1 saturated heterocycles. The highest BCUT2D eigenvalue weighted by Gasteiger charge is 2.41. The summed E-state index contributed by atoms with van der Waals surface area (Å²) in [6, 6.07) is 4.58. The second-order valence-electron chi connectivity index (χ2n) is 5.49. The number of hydrogen-bond donors (Lipinski definition) is 1. The molecule has 1 fully saturated rings. The lowest BCUT2D eigenvalue weighted by Crippen LogP contribution is -2.54. The van der Waals surface area contributed by atoms with Gasteiger partial charge < -0.3 is 5.11 Å². The molecule has 7 heteroatoms. The van der Waals surface area contributed by atoms with Gasteiger partial charge in [0.25, 0.3) is 5.69 Å². The first kappa shape index (κ1) is 15.9. The summed E-state index contributed by atoms with van der Waals surface area (Å²) < 4.78 is 0.634. The summed E-state index contributed by atoms with van der Waals surface area (Å²) >= 11 is 3.34. The van der Waals surface area contributed by atoms with Gasteiger partial charge in [-0.15, -0.1) is 0 Å². The van der Waals surface area contributed by atoms with Gasteiger partial charge in [-0.25, -0.2) is 0 Å². The molecule has 0 aromatic heterocycles. The molecule has 1 aromatic rings. The number of halogens is 1. The standard InChI is InChI=1S/C14H17BrN2O4/c1-14(13(18)19)6-2-3-7-16(14)9-10-4-5-11(17(20)21)8-12(10)15/h4-5,8H,2-3,6-7,9H2,1H3,(H,18,19). The smallest absolute Gasteiger partial charge is 0.323 e. The molecule has 21 heavy (non-hydrogen) atoms. The number of hydrogen-bond acceptors (Lipinski definition) is 4. The molecule has 1 aliphatic heterocycles. The van der Waals surface area contributed by atoms with Gasteiger partial charge in [0, 0.05) is 23.2 Å². The fourth-order valence-corrected chi connectivity index (χ4v) is 3.15. The fraction of sp³-hybridized carbons (Fsp3) is 0.500. The van der Waals surface area contributed by atoms with Crippen LogP contribution in [0, 0.1) is 10.1 Å². The van der Waals surface area contributed by atoms with Gasteiger partial charge in [0.2, 0.25) is 0 Å². The summed E-state index contributed by atoms with van der Waals surface area (Å²) in [4.78, 5) is 23.8. The van der Waals surface area contributed by atoms with Crippen molar-refractivity contribution < 1.29 is 14.8 Å². The van der Waals surface area contributed by atoms with Gasteiger partial charge in [0.1, 0.15) is 5.54 Å². The van der Waals surface area contributed by atoms with E-state index in [-0.39, 0.29) is 5.69 Å². The van der Waals surface area contributed by atoms with E-state index in [9.17, 15) is 20.0 Å². The third-order valence-corrected chi connectivity index (χ3v) is 4.85. The molecule has 1 unspecified atom stereocenters. The zero-order valence-electron chi connectivity index (χ0n) is 11.7. The van der Waals surface area contributed by atoms with Crippen LogP contribution in [0.2, 0.25) is 0 Å². The van der Waals surface area contributed by atoms with Gasteiger partial charge in [-0.1, -0.05) is 15.9 Å². The lowest BCUT2D eigenvalue weighted by atomic mass is 9.88. The van der Waals surface area contributed by atoms with Gasteiger partial charge >= 0.3 is 5.97 Å². The lowest BCUT2D eigenvalue weighted by molar-refractivity contribution is -0.384. The van der Waals surface area contributed by atoms with Crippen LogP contribution in [0.15, 0.2) is 22.7 Å². The van der Waals surface area contributed by atoms with Crippen molar-refractivity contribution in [2.45, 2.75) is 38.3 Å². The Balaban J connectivity index is 2.24. The van der Waals surface area contributed by atoms with Crippen molar-refractivity contribution in [1.82, 2.24) is 4.90 Å². The number of nitrogens with zero attached hydrogens (tertiary/aromatic N) is 2. The molecule has 0 spiro atoms. The van der Waals surface area contributed by atoms with Crippen LogP contribution in [-0.2, 0) is 11.3 Å². The summed E-state index contributed by atoms with van der Waals surface area (Å²) in [5.41, 5.74) is -0.000308. The van der Waals surface area contributed by atoms with Crippen molar-refractivity contribution in [2.24, 2.45) is 0 Å². The monoisotopic (exact) mass is 356 g/mol. The fourth-order valence-electron chi connectivity index (χ4n) is 2.66. The van der Waals surface area contributed by atoms with E-state index >= 15 is 0 Å².